The minimum absolute atomic E-state index is 0.219. The molecule has 4 aliphatic carbocycles. The maximum Gasteiger partial charge on any atom is 0.333 e. The van der Waals surface area contributed by atoms with Crippen LogP contribution in [-0.4, -0.2) is 11.6 Å². The number of carbonyl (C=O) groups is 1. The number of carbonyl (C=O) groups excluding carboxylic acids is 1. The topological polar surface area (TPSA) is 26.3 Å². The average Bonchev–Trinajstić information content (AvgIpc) is 2.74. The lowest BCUT2D eigenvalue weighted by atomic mass is 9.62. The highest BCUT2D eigenvalue weighted by Crippen LogP contribution is 2.68. The Hall–Kier alpha value is -0.790. The van der Waals surface area contributed by atoms with Gasteiger partial charge in [0.1, 0.15) is 5.60 Å². The number of hydrogen-bond donors (Lipinski definition) is 0. The highest BCUT2D eigenvalue weighted by molar-refractivity contribution is 5.87. The molecule has 0 aromatic carbocycles. The van der Waals surface area contributed by atoms with Crippen molar-refractivity contribution >= 4 is 5.97 Å². The van der Waals surface area contributed by atoms with Crippen LogP contribution in [0.4, 0.5) is 0 Å². The predicted octanol–water partition coefficient (Wildman–Crippen LogP) is 4.10. The Morgan fingerprint density at radius 2 is 2.00 bits per heavy atom. The lowest BCUT2D eigenvalue weighted by Crippen LogP contribution is -2.50. The summed E-state index contributed by atoms with van der Waals surface area (Å²) in [5.74, 6) is 2.42. The largest absolute Gasteiger partial charge is 0.456 e. The Balaban J connectivity index is 1.87. The van der Waals surface area contributed by atoms with Gasteiger partial charge in [-0.2, -0.15) is 0 Å². The second-order valence-electron chi connectivity index (χ2n) is 7.62. The fourth-order valence-electron chi connectivity index (χ4n) is 5.35. The fourth-order valence-corrected chi connectivity index (χ4v) is 5.35. The summed E-state index contributed by atoms with van der Waals surface area (Å²) in [5.41, 5.74) is 0.396. The standard InChI is InChI=1S/C17H26O2/c1-11(2)15(18)19-16(3,4)17-7-5-6-12-8-14(17)9-13(12)10-17/h12-14H,1,5-10H2,2-4H3. The van der Waals surface area contributed by atoms with E-state index < -0.39 is 0 Å². The molecule has 4 rings (SSSR count). The lowest BCUT2D eigenvalue weighted by Gasteiger charge is -2.48. The van der Waals surface area contributed by atoms with E-state index in [1.165, 1.54) is 38.5 Å². The lowest BCUT2D eigenvalue weighted by molar-refractivity contribution is -0.173. The third-order valence-corrected chi connectivity index (χ3v) is 6.34. The molecule has 0 saturated heterocycles. The average molecular weight is 262 g/mol. The van der Waals surface area contributed by atoms with Gasteiger partial charge in [0.2, 0.25) is 0 Å². The van der Waals surface area contributed by atoms with Gasteiger partial charge >= 0.3 is 5.97 Å². The quantitative estimate of drug-likeness (QED) is 0.565. The van der Waals surface area contributed by atoms with E-state index in [0.29, 0.717) is 5.57 Å². The molecule has 4 fully saturated rings. The first-order chi connectivity index (χ1) is 8.86. The van der Waals surface area contributed by atoms with Gasteiger partial charge < -0.3 is 4.74 Å². The van der Waals surface area contributed by atoms with Crippen LogP contribution >= 0.6 is 0 Å². The molecule has 0 heterocycles. The van der Waals surface area contributed by atoms with Crippen LogP contribution in [0, 0.1) is 23.2 Å². The SMILES string of the molecule is C=C(C)C(=O)OC(C)(C)C12CCCC3CC1CC3C2. The zero-order valence-corrected chi connectivity index (χ0v) is 12.5. The zero-order chi connectivity index (χ0) is 13.8. The van der Waals surface area contributed by atoms with E-state index in [2.05, 4.69) is 20.4 Å². The first-order valence-electron chi connectivity index (χ1n) is 7.74. The van der Waals surface area contributed by atoms with Crippen LogP contribution in [0.1, 0.15) is 59.3 Å². The molecule has 0 radical (unpaired) electrons. The summed E-state index contributed by atoms with van der Waals surface area (Å²) in [7, 11) is 0. The van der Waals surface area contributed by atoms with E-state index in [-0.39, 0.29) is 17.0 Å². The van der Waals surface area contributed by atoms with Gasteiger partial charge in [-0.25, -0.2) is 4.79 Å². The summed E-state index contributed by atoms with van der Waals surface area (Å²) < 4.78 is 5.87. The van der Waals surface area contributed by atoms with E-state index in [9.17, 15) is 4.79 Å². The van der Waals surface area contributed by atoms with Crippen LogP contribution in [0.3, 0.4) is 0 Å². The molecule has 0 spiro atoms. The maximum absolute atomic E-state index is 12.0. The van der Waals surface area contributed by atoms with E-state index in [4.69, 9.17) is 4.74 Å². The third kappa shape index (κ3) is 1.79. The molecule has 0 aromatic rings. The summed E-state index contributed by atoms with van der Waals surface area (Å²) in [6.45, 7) is 9.72. The fraction of sp³-hybridized carbons (Fsp3) is 0.824. The van der Waals surface area contributed by atoms with Crippen LogP contribution in [-0.2, 0) is 9.53 Å². The normalized spacial score (nSPS) is 40.3. The van der Waals surface area contributed by atoms with Crippen molar-refractivity contribution in [2.45, 2.75) is 64.9 Å². The number of rotatable bonds is 3. The van der Waals surface area contributed by atoms with Crippen LogP contribution in [0.25, 0.3) is 0 Å². The van der Waals surface area contributed by atoms with Crippen LogP contribution < -0.4 is 0 Å². The summed E-state index contributed by atoms with van der Waals surface area (Å²) >= 11 is 0. The molecular formula is C17H26O2. The Labute approximate surface area is 116 Å². The minimum Gasteiger partial charge on any atom is -0.456 e. The smallest absolute Gasteiger partial charge is 0.333 e. The van der Waals surface area contributed by atoms with Crippen molar-refractivity contribution in [2.24, 2.45) is 23.2 Å². The van der Waals surface area contributed by atoms with E-state index >= 15 is 0 Å². The Bertz CT molecular complexity index is 423. The number of fused-ring (bicyclic) bond motifs is 2. The van der Waals surface area contributed by atoms with E-state index in [1.54, 1.807) is 6.92 Å². The number of ether oxygens (including phenoxy) is 1. The zero-order valence-electron chi connectivity index (χ0n) is 12.5. The highest BCUT2D eigenvalue weighted by atomic mass is 16.6. The molecule has 0 aliphatic heterocycles. The van der Waals surface area contributed by atoms with Gasteiger partial charge in [0, 0.05) is 11.0 Å². The molecule has 4 aliphatic rings. The monoisotopic (exact) mass is 262 g/mol. The molecule has 0 amide bonds. The summed E-state index contributed by atoms with van der Waals surface area (Å²) in [4.78, 5) is 12.0. The summed E-state index contributed by atoms with van der Waals surface area (Å²) in [5, 5.41) is 0. The van der Waals surface area contributed by atoms with Crippen LogP contribution in [0.15, 0.2) is 12.2 Å². The van der Waals surface area contributed by atoms with E-state index in [0.717, 1.165) is 17.8 Å². The molecular weight excluding hydrogens is 236 g/mol. The van der Waals surface area contributed by atoms with Crippen LogP contribution in [0.5, 0.6) is 0 Å². The van der Waals surface area contributed by atoms with Crippen molar-refractivity contribution in [3.05, 3.63) is 12.2 Å². The van der Waals surface area contributed by atoms with Crippen molar-refractivity contribution < 1.29 is 9.53 Å². The molecule has 19 heavy (non-hydrogen) atoms. The van der Waals surface area contributed by atoms with Crippen molar-refractivity contribution in [1.82, 2.24) is 0 Å². The van der Waals surface area contributed by atoms with E-state index in [1.807, 2.05) is 0 Å². The molecule has 4 unspecified atom stereocenters. The van der Waals surface area contributed by atoms with Crippen LogP contribution in [0.2, 0.25) is 0 Å². The molecule has 2 heteroatoms. The summed E-state index contributed by atoms with van der Waals surface area (Å²) in [6, 6.07) is 0. The molecule has 0 N–H and O–H groups in total. The molecule has 2 nitrogen and oxygen atoms in total. The maximum atomic E-state index is 12.0. The van der Waals surface area contributed by atoms with Crippen molar-refractivity contribution in [2.75, 3.05) is 0 Å². The van der Waals surface area contributed by atoms with Gasteiger partial charge in [-0.3, -0.25) is 0 Å². The van der Waals surface area contributed by atoms with Gasteiger partial charge in [-0.1, -0.05) is 19.4 Å². The van der Waals surface area contributed by atoms with Gasteiger partial charge in [0.15, 0.2) is 0 Å². The minimum atomic E-state index is -0.349. The Kier molecular flexibility index (Phi) is 2.85. The number of esters is 1. The predicted molar refractivity (Wildman–Crippen MR) is 75.6 cm³/mol. The van der Waals surface area contributed by atoms with Gasteiger partial charge in [-0.15, -0.1) is 0 Å². The van der Waals surface area contributed by atoms with Gasteiger partial charge in [-0.05, 0) is 64.2 Å². The van der Waals surface area contributed by atoms with Crippen molar-refractivity contribution in [3.8, 4) is 0 Å². The Morgan fingerprint density at radius 3 is 2.58 bits per heavy atom. The van der Waals surface area contributed by atoms with Crippen molar-refractivity contribution in [3.63, 3.8) is 0 Å². The number of hydrogen-bond acceptors (Lipinski definition) is 2. The molecule has 4 saturated carbocycles. The van der Waals surface area contributed by atoms with Crippen molar-refractivity contribution in [1.29, 1.82) is 0 Å². The van der Waals surface area contributed by atoms with Gasteiger partial charge in [0.25, 0.3) is 0 Å². The Morgan fingerprint density at radius 1 is 1.32 bits per heavy atom. The first-order valence-corrected chi connectivity index (χ1v) is 7.74. The third-order valence-electron chi connectivity index (χ3n) is 6.34. The van der Waals surface area contributed by atoms with Gasteiger partial charge in [0.05, 0.1) is 0 Å². The summed E-state index contributed by atoms with van der Waals surface area (Å²) in [6.07, 6.45) is 7.97. The molecule has 106 valence electrons. The second-order valence-corrected chi connectivity index (χ2v) is 7.62. The second kappa shape index (κ2) is 4.10. The molecule has 4 bridgehead atoms. The molecule has 0 aromatic heterocycles. The first kappa shape index (κ1) is 13.2. The highest BCUT2D eigenvalue weighted by Gasteiger charge is 2.63. The molecule has 4 atom stereocenters.